The van der Waals surface area contributed by atoms with Crippen LogP contribution < -0.4 is 0 Å². The van der Waals surface area contributed by atoms with Gasteiger partial charge in [-0.3, -0.25) is 0 Å². The standard InChI is InChI=1S/C14H21ClO/c1-9(2)5-6-14(16)12-7-10(3)11(4)8-13(12)15/h7-9,14,16H,5-6H2,1-4H3. The van der Waals surface area contributed by atoms with E-state index in [1.807, 2.05) is 26.0 Å². The van der Waals surface area contributed by atoms with Gasteiger partial charge >= 0.3 is 0 Å². The van der Waals surface area contributed by atoms with Gasteiger partial charge in [-0.1, -0.05) is 31.5 Å². The molecule has 2 heteroatoms. The minimum Gasteiger partial charge on any atom is -0.388 e. The molecule has 0 aromatic heterocycles. The lowest BCUT2D eigenvalue weighted by molar-refractivity contribution is 0.159. The van der Waals surface area contributed by atoms with Crippen LogP contribution in [-0.4, -0.2) is 5.11 Å². The predicted molar refractivity (Wildman–Crippen MR) is 70.0 cm³/mol. The Bertz CT molecular complexity index is 358. The van der Waals surface area contributed by atoms with Gasteiger partial charge in [-0.2, -0.15) is 0 Å². The fraction of sp³-hybridized carbons (Fsp3) is 0.571. The summed E-state index contributed by atoms with van der Waals surface area (Å²) in [5.41, 5.74) is 3.22. The van der Waals surface area contributed by atoms with E-state index in [9.17, 15) is 5.11 Å². The maximum absolute atomic E-state index is 10.1. The average molecular weight is 241 g/mol. The maximum atomic E-state index is 10.1. The van der Waals surface area contributed by atoms with Crippen molar-refractivity contribution >= 4 is 11.6 Å². The molecule has 0 aliphatic carbocycles. The van der Waals surface area contributed by atoms with Crippen molar-refractivity contribution in [2.24, 2.45) is 5.92 Å². The third-order valence-corrected chi connectivity index (χ3v) is 3.32. The zero-order valence-electron chi connectivity index (χ0n) is 10.5. The number of aliphatic hydroxyl groups is 1. The van der Waals surface area contributed by atoms with Crippen molar-refractivity contribution in [3.05, 3.63) is 33.8 Å². The molecular weight excluding hydrogens is 220 g/mol. The predicted octanol–water partition coefficient (Wildman–Crippen LogP) is 4.43. The van der Waals surface area contributed by atoms with E-state index in [0.717, 1.165) is 18.4 Å². The maximum Gasteiger partial charge on any atom is 0.0804 e. The highest BCUT2D eigenvalue weighted by atomic mass is 35.5. The smallest absolute Gasteiger partial charge is 0.0804 e. The number of benzene rings is 1. The van der Waals surface area contributed by atoms with Crippen LogP contribution >= 0.6 is 11.6 Å². The van der Waals surface area contributed by atoms with Gasteiger partial charge in [-0.05, 0) is 55.4 Å². The summed E-state index contributed by atoms with van der Waals surface area (Å²) in [5, 5.41) is 10.8. The molecule has 0 fully saturated rings. The van der Waals surface area contributed by atoms with Gasteiger partial charge in [0.1, 0.15) is 0 Å². The molecule has 0 aliphatic rings. The van der Waals surface area contributed by atoms with Crippen LogP contribution in [0.3, 0.4) is 0 Å². The van der Waals surface area contributed by atoms with Crippen LogP contribution in [0.4, 0.5) is 0 Å². The third-order valence-electron chi connectivity index (χ3n) is 2.99. The normalized spacial score (nSPS) is 13.2. The first-order valence-electron chi connectivity index (χ1n) is 5.86. The fourth-order valence-corrected chi connectivity index (χ4v) is 2.05. The number of hydrogen-bond donors (Lipinski definition) is 1. The van der Waals surface area contributed by atoms with E-state index in [-0.39, 0.29) is 0 Å². The second kappa shape index (κ2) is 5.70. The average Bonchev–Trinajstić information content (AvgIpc) is 2.20. The first kappa shape index (κ1) is 13.5. The monoisotopic (exact) mass is 240 g/mol. The molecule has 1 rings (SSSR count). The molecule has 16 heavy (non-hydrogen) atoms. The van der Waals surface area contributed by atoms with Crippen molar-refractivity contribution in [3.63, 3.8) is 0 Å². The van der Waals surface area contributed by atoms with Crippen molar-refractivity contribution in [3.8, 4) is 0 Å². The second-order valence-corrected chi connectivity index (χ2v) is 5.35. The van der Waals surface area contributed by atoms with Crippen LogP contribution in [0.25, 0.3) is 0 Å². The Morgan fingerprint density at radius 2 is 1.69 bits per heavy atom. The van der Waals surface area contributed by atoms with Crippen molar-refractivity contribution in [1.29, 1.82) is 0 Å². The van der Waals surface area contributed by atoms with Gasteiger partial charge in [-0.15, -0.1) is 0 Å². The van der Waals surface area contributed by atoms with Crippen LogP contribution in [0.1, 0.15) is 49.5 Å². The Labute approximate surface area is 103 Å². The molecule has 0 radical (unpaired) electrons. The zero-order valence-corrected chi connectivity index (χ0v) is 11.3. The Hall–Kier alpha value is -0.530. The molecule has 1 atom stereocenters. The fourth-order valence-electron chi connectivity index (χ4n) is 1.71. The van der Waals surface area contributed by atoms with Gasteiger partial charge in [0.15, 0.2) is 0 Å². The molecule has 1 N–H and O–H groups in total. The summed E-state index contributed by atoms with van der Waals surface area (Å²) >= 11 is 6.15. The highest BCUT2D eigenvalue weighted by Crippen LogP contribution is 2.29. The Balaban J connectivity index is 2.82. The van der Waals surface area contributed by atoms with Gasteiger partial charge in [0.25, 0.3) is 0 Å². The van der Waals surface area contributed by atoms with Crippen LogP contribution in [-0.2, 0) is 0 Å². The second-order valence-electron chi connectivity index (χ2n) is 4.94. The van der Waals surface area contributed by atoms with Gasteiger partial charge in [0.2, 0.25) is 0 Å². The molecular formula is C14H21ClO. The number of halogens is 1. The lowest BCUT2D eigenvalue weighted by Crippen LogP contribution is -2.02. The molecule has 1 unspecified atom stereocenters. The summed E-state index contributed by atoms with van der Waals surface area (Å²) in [6.07, 6.45) is 1.36. The summed E-state index contributed by atoms with van der Waals surface area (Å²) in [7, 11) is 0. The Morgan fingerprint density at radius 1 is 1.12 bits per heavy atom. The molecule has 0 aliphatic heterocycles. The molecule has 1 aromatic carbocycles. The van der Waals surface area contributed by atoms with Crippen LogP contribution in [0.5, 0.6) is 0 Å². The van der Waals surface area contributed by atoms with E-state index in [1.54, 1.807) is 0 Å². The summed E-state index contributed by atoms with van der Waals surface area (Å²) in [4.78, 5) is 0. The summed E-state index contributed by atoms with van der Waals surface area (Å²) in [5.74, 6) is 0.611. The van der Waals surface area contributed by atoms with Crippen molar-refractivity contribution < 1.29 is 5.11 Å². The molecule has 0 spiro atoms. The van der Waals surface area contributed by atoms with Crippen molar-refractivity contribution in [1.82, 2.24) is 0 Å². The summed E-state index contributed by atoms with van der Waals surface area (Å²) in [6, 6.07) is 3.94. The highest BCUT2D eigenvalue weighted by Gasteiger charge is 2.13. The van der Waals surface area contributed by atoms with E-state index in [0.29, 0.717) is 10.9 Å². The van der Waals surface area contributed by atoms with Crippen molar-refractivity contribution in [2.45, 2.75) is 46.6 Å². The lowest BCUT2D eigenvalue weighted by Gasteiger charge is -2.15. The summed E-state index contributed by atoms with van der Waals surface area (Å²) < 4.78 is 0. The number of aliphatic hydroxyl groups excluding tert-OH is 1. The van der Waals surface area contributed by atoms with E-state index in [2.05, 4.69) is 13.8 Å². The first-order valence-corrected chi connectivity index (χ1v) is 6.24. The highest BCUT2D eigenvalue weighted by molar-refractivity contribution is 6.31. The largest absolute Gasteiger partial charge is 0.388 e. The number of hydrogen-bond acceptors (Lipinski definition) is 1. The molecule has 0 amide bonds. The minimum atomic E-state index is -0.436. The number of rotatable bonds is 4. The molecule has 90 valence electrons. The van der Waals surface area contributed by atoms with E-state index in [1.165, 1.54) is 11.1 Å². The molecule has 0 heterocycles. The topological polar surface area (TPSA) is 20.2 Å². The van der Waals surface area contributed by atoms with Crippen LogP contribution in [0, 0.1) is 19.8 Å². The van der Waals surface area contributed by atoms with Crippen LogP contribution in [0.2, 0.25) is 5.02 Å². The molecule has 0 bridgehead atoms. The molecule has 1 nitrogen and oxygen atoms in total. The quantitative estimate of drug-likeness (QED) is 0.826. The first-order chi connectivity index (χ1) is 7.41. The summed E-state index contributed by atoms with van der Waals surface area (Å²) in [6.45, 7) is 8.40. The third kappa shape index (κ3) is 3.50. The van der Waals surface area contributed by atoms with Gasteiger partial charge in [-0.25, -0.2) is 0 Å². The van der Waals surface area contributed by atoms with Crippen molar-refractivity contribution in [2.75, 3.05) is 0 Å². The van der Waals surface area contributed by atoms with Gasteiger partial charge in [0, 0.05) is 5.02 Å². The SMILES string of the molecule is Cc1cc(Cl)c(C(O)CCC(C)C)cc1C. The van der Waals surface area contributed by atoms with E-state index >= 15 is 0 Å². The van der Waals surface area contributed by atoms with E-state index in [4.69, 9.17) is 11.6 Å². The Kier molecular flexibility index (Phi) is 4.82. The minimum absolute atomic E-state index is 0.436. The van der Waals surface area contributed by atoms with Crippen LogP contribution in [0.15, 0.2) is 12.1 Å². The lowest BCUT2D eigenvalue weighted by atomic mass is 9.97. The van der Waals surface area contributed by atoms with Gasteiger partial charge < -0.3 is 5.11 Å². The molecule has 1 aromatic rings. The molecule has 0 saturated carbocycles. The number of aryl methyl sites for hydroxylation is 2. The van der Waals surface area contributed by atoms with E-state index < -0.39 is 6.10 Å². The van der Waals surface area contributed by atoms with Gasteiger partial charge in [0.05, 0.1) is 6.10 Å². The Morgan fingerprint density at radius 3 is 2.25 bits per heavy atom. The zero-order chi connectivity index (χ0) is 12.3. The molecule has 0 saturated heterocycles.